The molecule has 0 heterocycles. The summed E-state index contributed by atoms with van der Waals surface area (Å²) in [4.78, 5) is 13.2. The standard InChI is InChI=1S/C11H15NO2/c1-4-14-11(13)10-6-5-9(7-10)8-12(2)3/h5-8H,4H2,1-3H3. The SMILES string of the molecule is CCOC(=O)C1=CC(=CN(C)C)C=C1. The molecule has 1 aliphatic carbocycles. The van der Waals surface area contributed by atoms with E-state index in [9.17, 15) is 4.79 Å². The molecule has 0 N–H and O–H groups in total. The van der Waals surface area contributed by atoms with Crippen LogP contribution < -0.4 is 0 Å². The van der Waals surface area contributed by atoms with E-state index in [1.54, 1.807) is 13.0 Å². The first-order valence-electron chi connectivity index (χ1n) is 4.58. The molecule has 0 aromatic rings. The van der Waals surface area contributed by atoms with Crippen molar-refractivity contribution in [2.75, 3.05) is 20.7 Å². The molecule has 0 aromatic heterocycles. The molecule has 14 heavy (non-hydrogen) atoms. The summed E-state index contributed by atoms with van der Waals surface area (Å²) in [5.74, 6) is -0.258. The highest BCUT2D eigenvalue weighted by Gasteiger charge is 2.11. The molecule has 0 saturated carbocycles. The maximum absolute atomic E-state index is 11.3. The fraction of sp³-hybridized carbons (Fsp3) is 0.364. The summed E-state index contributed by atoms with van der Waals surface area (Å²) >= 11 is 0. The molecule has 0 aromatic carbocycles. The molecule has 0 aliphatic heterocycles. The van der Waals surface area contributed by atoms with Gasteiger partial charge in [-0.3, -0.25) is 0 Å². The van der Waals surface area contributed by atoms with Crippen LogP contribution in [0, 0.1) is 0 Å². The van der Waals surface area contributed by atoms with Crippen LogP contribution in [0.15, 0.2) is 35.6 Å². The summed E-state index contributed by atoms with van der Waals surface area (Å²) in [6.45, 7) is 2.21. The third-order valence-corrected chi connectivity index (χ3v) is 1.70. The number of ether oxygens (including phenoxy) is 1. The Morgan fingerprint density at radius 3 is 2.79 bits per heavy atom. The minimum Gasteiger partial charge on any atom is -0.462 e. The lowest BCUT2D eigenvalue weighted by molar-refractivity contribution is -0.138. The molecule has 1 aliphatic rings. The number of rotatable bonds is 3. The zero-order chi connectivity index (χ0) is 10.6. The number of hydrogen-bond acceptors (Lipinski definition) is 3. The number of allylic oxidation sites excluding steroid dienone is 3. The van der Waals surface area contributed by atoms with Crippen LogP contribution >= 0.6 is 0 Å². The third kappa shape index (κ3) is 2.76. The van der Waals surface area contributed by atoms with Gasteiger partial charge in [0.05, 0.1) is 12.2 Å². The predicted octanol–water partition coefficient (Wildman–Crippen LogP) is 1.49. The maximum atomic E-state index is 11.3. The fourth-order valence-corrected chi connectivity index (χ4v) is 1.18. The highest BCUT2D eigenvalue weighted by Crippen LogP contribution is 2.16. The molecule has 0 radical (unpaired) electrons. The van der Waals surface area contributed by atoms with Crippen molar-refractivity contribution in [3.63, 3.8) is 0 Å². The van der Waals surface area contributed by atoms with Crippen molar-refractivity contribution in [3.8, 4) is 0 Å². The summed E-state index contributed by atoms with van der Waals surface area (Å²) in [6.07, 6.45) is 7.43. The molecule has 0 saturated heterocycles. The Bertz CT molecular complexity index is 311. The van der Waals surface area contributed by atoms with Gasteiger partial charge in [-0.1, -0.05) is 6.08 Å². The second kappa shape index (κ2) is 4.65. The Morgan fingerprint density at radius 2 is 2.21 bits per heavy atom. The summed E-state index contributed by atoms with van der Waals surface area (Å²) in [6, 6.07) is 0. The Morgan fingerprint density at radius 1 is 1.50 bits per heavy atom. The summed E-state index contributed by atoms with van der Waals surface area (Å²) in [5, 5.41) is 0. The minimum atomic E-state index is -0.258. The van der Waals surface area contributed by atoms with Crippen LogP contribution in [0.1, 0.15) is 6.92 Å². The second-order valence-electron chi connectivity index (χ2n) is 3.25. The van der Waals surface area contributed by atoms with Crippen molar-refractivity contribution in [2.24, 2.45) is 0 Å². The van der Waals surface area contributed by atoms with E-state index in [1.165, 1.54) is 0 Å². The van der Waals surface area contributed by atoms with E-state index >= 15 is 0 Å². The number of nitrogens with zero attached hydrogens (tertiary/aromatic N) is 1. The number of esters is 1. The quantitative estimate of drug-likeness (QED) is 0.636. The first-order valence-corrected chi connectivity index (χ1v) is 4.58. The highest BCUT2D eigenvalue weighted by atomic mass is 16.5. The van der Waals surface area contributed by atoms with Gasteiger partial charge in [0.25, 0.3) is 0 Å². The maximum Gasteiger partial charge on any atom is 0.338 e. The van der Waals surface area contributed by atoms with Crippen LogP contribution in [0.3, 0.4) is 0 Å². The zero-order valence-corrected chi connectivity index (χ0v) is 8.78. The molecule has 0 unspecified atom stereocenters. The molecular formula is C11H15NO2. The van der Waals surface area contributed by atoms with Gasteiger partial charge in [-0.25, -0.2) is 4.79 Å². The first kappa shape index (κ1) is 10.6. The summed E-state index contributed by atoms with van der Waals surface area (Å²) in [7, 11) is 3.88. The van der Waals surface area contributed by atoms with Crippen molar-refractivity contribution in [1.82, 2.24) is 4.90 Å². The van der Waals surface area contributed by atoms with Gasteiger partial charge in [-0.2, -0.15) is 0 Å². The van der Waals surface area contributed by atoms with E-state index < -0.39 is 0 Å². The van der Waals surface area contributed by atoms with Crippen molar-refractivity contribution in [2.45, 2.75) is 6.92 Å². The molecule has 0 spiro atoms. The molecule has 76 valence electrons. The highest BCUT2D eigenvalue weighted by molar-refractivity contribution is 5.93. The van der Waals surface area contributed by atoms with Crippen molar-refractivity contribution >= 4 is 5.97 Å². The van der Waals surface area contributed by atoms with Crippen molar-refractivity contribution in [3.05, 3.63) is 35.6 Å². The normalized spacial score (nSPS) is 17.1. The topological polar surface area (TPSA) is 29.5 Å². The predicted molar refractivity (Wildman–Crippen MR) is 55.6 cm³/mol. The van der Waals surface area contributed by atoms with E-state index in [2.05, 4.69) is 0 Å². The van der Waals surface area contributed by atoms with E-state index in [0.29, 0.717) is 12.2 Å². The average molecular weight is 193 g/mol. The lowest BCUT2D eigenvalue weighted by atomic mass is 10.3. The first-order chi connectivity index (χ1) is 6.63. The Hall–Kier alpha value is -1.51. The van der Waals surface area contributed by atoms with E-state index in [0.717, 1.165) is 5.57 Å². The Labute approximate surface area is 84.3 Å². The van der Waals surface area contributed by atoms with Gasteiger partial charge in [-0.15, -0.1) is 0 Å². The van der Waals surface area contributed by atoms with Crippen LogP contribution in [-0.4, -0.2) is 31.6 Å². The van der Waals surface area contributed by atoms with Gasteiger partial charge in [0.2, 0.25) is 0 Å². The van der Waals surface area contributed by atoms with E-state index in [1.807, 2.05) is 37.3 Å². The second-order valence-corrected chi connectivity index (χ2v) is 3.25. The average Bonchev–Trinajstić information content (AvgIpc) is 2.52. The molecule has 0 amide bonds. The monoisotopic (exact) mass is 193 g/mol. The van der Waals surface area contributed by atoms with Gasteiger partial charge in [0.15, 0.2) is 0 Å². The minimum absolute atomic E-state index is 0.258. The number of hydrogen-bond donors (Lipinski definition) is 0. The van der Waals surface area contributed by atoms with Gasteiger partial charge in [0.1, 0.15) is 0 Å². The van der Waals surface area contributed by atoms with Gasteiger partial charge >= 0.3 is 5.97 Å². The summed E-state index contributed by atoms with van der Waals surface area (Å²) in [5.41, 5.74) is 1.62. The molecular weight excluding hydrogens is 178 g/mol. The number of carbonyl (C=O) groups is 1. The van der Waals surface area contributed by atoms with Crippen LogP contribution in [0.2, 0.25) is 0 Å². The molecule has 0 atom stereocenters. The zero-order valence-electron chi connectivity index (χ0n) is 8.78. The molecule has 0 fully saturated rings. The number of carbonyl (C=O) groups excluding carboxylic acids is 1. The lowest BCUT2D eigenvalue weighted by Gasteiger charge is -2.04. The van der Waals surface area contributed by atoms with Gasteiger partial charge < -0.3 is 9.64 Å². The fourth-order valence-electron chi connectivity index (χ4n) is 1.18. The smallest absolute Gasteiger partial charge is 0.338 e. The molecule has 1 rings (SSSR count). The third-order valence-electron chi connectivity index (χ3n) is 1.70. The lowest BCUT2D eigenvalue weighted by Crippen LogP contribution is -2.04. The van der Waals surface area contributed by atoms with Crippen LogP contribution in [0.4, 0.5) is 0 Å². The van der Waals surface area contributed by atoms with E-state index in [4.69, 9.17) is 4.74 Å². The van der Waals surface area contributed by atoms with E-state index in [-0.39, 0.29) is 5.97 Å². The Balaban J connectivity index is 2.69. The summed E-state index contributed by atoms with van der Waals surface area (Å²) < 4.78 is 4.88. The van der Waals surface area contributed by atoms with Gasteiger partial charge in [-0.05, 0) is 24.6 Å². The Kier molecular flexibility index (Phi) is 3.51. The molecule has 3 nitrogen and oxygen atoms in total. The van der Waals surface area contributed by atoms with Crippen LogP contribution in [0.25, 0.3) is 0 Å². The van der Waals surface area contributed by atoms with Crippen LogP contribution in [-0.2, 0) is 9.53 Å². The van der Waals surface area contributed by atoms with Crippen LogP contribution in [0.5, 0.6) is 0 Å². The molecule has 0 bridgehead atoms. The van der Waals surface area contributed by atoms with Crippen molar-refractivity contribution < 1.29 is 9.53 Å². The van der Waals surface area contributed by atoms with Crippen molar-refractivity contribution in [1.29, 1.82) is 0 Å². The van der Waals surface area contributed by atoms with Gasteiger partial charge in [0, 0.05) is 20.3 Å². The largest absolute Gasteiger partial charge is 0.462 e. The molecule has 3 heteroatoms.